The Kier molecular flexibility index (Phi) is 16.6. The number of nitrogens with zero attached hydrogens (tertiary/aromatic N) is 12. The van der Waals surface area contributed by atoms with E-state index in [-0.39, 0.29) is 81.2 Å². The van der Waals surface area contributed by atoms with Crippen LogP contribution in [0.4, 0.5) is 11.4 Å². The predicted octanol–water partition coefficient (Wildman–Crippen LogP) is 9.25. The zero-order chi connectivity index (χ0) is 51.8. The topological polar surface area (TPSA) is 233 Å². The quantitative estimate of drug-likeness (QED) is 0.0443. The van der Waals surface area contributed by atoms with E-state index in [9.17, 15) is 29.8 Å². The van der Waals surface area contributed by atoms with E-state index < -0.39 is 9.85 Å². The molecule has 0 spiro atoms. The Bertz CT molecular complexity index is 2860. The van der Waals surface area contributed by atoms with Crippen molar-refractivity contribution in [2.45, 2.75) is 100 Å². The van der Waals surface area contributed by atoms with Crippen molar-refractivity contribution < 1.29 is 28.9 Å². The van der Waals surface area contributed by atoms with Crippen LogP contribution in [-0.4, -0.2) is 112 Å². The Morgan fingerprint density at radius 2 is 1.07 bits per heavy atom. The highest BCUT2D eigenvalue weighted by Crippen LogP contribution is 2.50. The van der Waals surface area contributed by atoms with Gasteiger partial charge in [-0.2, -0.15) is 0 Å². The summed E-state index contributed by atoms with van der Waals surface area (Å²) in [6.45, 7) is 10.1. The number of amides is 2. The minimum absolute atomic E-state index is 0.0427. The third kappa shape index (κ3) is 11.4. The number of carbonyl (C=O) groups excluding carboxylic acids is 2. The van der Waals surface area contributed by atoms with Crippen LogP contribution in [0.2, 0.25) is 0 Å². The van der Waals surface area contributed by atoms with Gasteiger partial charge in [0.1, 0.15) is 13.5 Å². The van der Waals surface area contributed by atoms with Crippen molar-refractivity contribution in [3.05, 3.63) is 139 Å². The Labute approximate surface area is 426 Å². The molecule has 2 unspecified atom stereocenters. The Hall–Kier alpha value is -7.49. The lowest BCUT2D eigenvalue weighted by molar-refractivity contribution is -0.387. The first-order valence-electron chi connectivity index (χ1n) is 24.2. The summed E-state index contributed by atoms with van der Waals surface area (Å²) < 4.78 is 13.7. The fourth-order valence-electron chi connectivity index (χ4n) is 9.87. The molecule has 21 heteroatoms. The first-order chi connectivity index (χ1) is 35.3. The number of likely N-dealkylation sites (tertiary alicyclic amines) is 2. The van der Waals surface area contributed by atoms with Gasteiger partial charge in [0.25, 0.3) is 11.4 Å². The monoisotopic (exact) mass is 1010 g/mol. The van der Waals surface area contributed by atoms with Crippen LogP contribution in [0.1, 0.15) is 111 Å². The Balaban J connectivity index is 1.19. The number of aromatic nitrogens is 8. The second-order valence-corrected chi connectivity index (χ2v) is 19.8. The van der Waals surface area contributed by atoms with E-state index in [1.807, 2.05) is 76.2 Å². The van der Waals surface area contributed by atoms with Gasteiger partial charge >= 0.3 is 0 Å². The number of nitro benzene ring substituents is 2. The summed E-state index contributed by atoms with van der Waals surface area (Å²) in [4.78, 5) is 58.0. The Morgan fingerprint density at radius 1 is 0.658 bits per heavy atom. The summed E-state index contributed by atoms with van der Waals surface area (Å²) in [6, 6.07) is 21.5. The number of carbonyl (C=O) groups is 2. The summed E-state index contributed by atoms with van der Waals surface area (Å²) in [5, 5.41) is 51.3. The first-order valence-corrected chi connectivity index (χ1v) is 25.0. The van der Waals surface area contributed by atoms with E-state index in [2.05, 4.69) is 31.1 Å². The maximum atomic E-state index is 14.0. The molecule has 0 radical (unpaired) electrons. The summed E-state index contributed by atoms with van der Waals surface area (Å²) in [5.41, 5.74) is 3.77. The Morgan fingerprint density at radius 3 is 1.45 bits per heavy atom. The van der Waals surface area contributed by atoms with Gasteiger partial charge < -0.3 is 19.3 Å². The molecule has 0 N–H and O–H groups in total. The standard InChI is InChI=1S/C52H58N12O8S/c1-33(2)39-15-7-9-17-41(39)47-35(21-25-45(65)59-27-11-13-37(29-59)51-53-55-57-61(51)31-71-5)19-23-43(49(47)63(67)68)73-44-24-20-36(48(50(44)64(69)70)42-18-10-8-16-40(42)34(3)4)22-26-46(66)60-28-12-14-38(30-60)52-54-56-58-62(52)32-72-6/h7-10,15-26,33-34,37-38H,11-14,27-32H2,1-6H3. The number of rotatable bonds is 18. The van der Waals surface area contributed by atoms with Crippen LogP contribution >= 0.6 is 11.8 Å². The molecule has 0 bridgehead atoms. The average Bonchev–Trinajstić information content (AvgIpc) is 4.07. The lowest BCUT2D eigenvalue weighted by Crippen LogP contribution is -2.39. The fraction of sp³-hybridized carbons (Fsp3) is 0.385. The van der Waals surface area contributed by atoms with E-state index in [0.29, 0.717) is 60.1 Å². The van der Waals surface area contributed by atoms with Crippen molar-refractivity contribution in [1.82, 2.24) is 50.2 Å². The fourth-order valence-corrected chi connectivity index (χ4v) is 10.9. The molecule has 380 valence electrons. The van der Waals surface area contributed by atoms with Crippen molar-refractivity contribution >= 4 is 47.1 Å². The highest BCUT2D eigenvalue weighted by Gasteiger charge is 2.33. The molecule has 2 fully saturated rings. The van der Waals surface area contributed by atoms with E-state index in [1.54, 1.807) is 69.8 Å². The van der Waals surface area contributed by atoms with Crippen LogP contribution in [0.25, 0.3) is 34.4 Å². The molecule has 2 amide bonds. The molecule has 73 heavy (non-hydrogen) atoms. The van der Waals surface area contributed by atoms with Crippen molar-refractivity contribution in [2.24, 2.45) is 0 Å². The van der Waals surface area contributed by atoms with Gasteiger partial charge in [-0.15, -0.1) is 10.2 Å². The molecule has 0 aliphatic carbocycles. The van der Waals surface area contributed by atoms with Crippen molar-refractivity contribution in [3.8, 4) is 22.3 Å². The molecule has 2 aliphatic rings. The van der Waals surface area contributed by atoms with E-state index >= 15 is 0 Å². The largest absolute Gasteiger partial charge is 0.362 e. The molecule has 8 rings (SSSR count). The molecule has 6 aromatic rings. The van der Waals surface area contributed by atoms with Gasteiger partial charge in [-0.3, -0.25) is 29.8 Å². The minimum atomic E-state index is -0.458. The normalized spacial score (nSPS) is 16.3. The lowest BCUT2D eigenvalue weighted by atomic mass is 9.89. The SMILES string of the molecule is COCn1nnnc1C1CCCN(C(=O)C=Cc2ccc(Sc3ccc(C=CC(=O)N4CCCC(c5nnnn5COC)C4)c(-c4ccccc4C(C)C)c3[N+](=O)[O-])c([N+](=O)[O-])c2-c2ccccc2C(C)C)C1. The molecule has 2 aliphatic heterocycles. The third-order valence-electron chi connectivity index (χ3n) is 13.3. The first kappa shape index (κ1) is 51.9. The minimum Gasteiger partial charge on any atom is -0.362 e. The van der Waals surface area contributed by atoms with Gasteiger partial charge in [-0.05, 0) is 116 Å². The van der Waals surface area contributed by atoms with Gasteiger partial charge in [0.2, 0.25) is 11.8 Å². The van der Waals surface area contributed by atoms with Gasteiger partial charge in [0.15, 0.2) is 11.6 Å². The summed E-state index contributed by atoms with van der Waals surface area (Å²) in [5.74, 6) is 0.373. The number of piperidine rings is 2. The molecule has 20 nitrogen and oxygen atoms in total. The van der Waals surface area contributed by atoms with Crippen molar-refractivity contribution in [2.75, 3.05) is 40.4 Å². The zero-order valence-corrected chi connectivity index (χ0v) is 42.5. The van der Waals surface area contributed by atoms with Crippen LogP contribution in [0.3, 0.4) is 0 Å². The third-order valence-corrected chi connectivity index (χ3v) is 14.4. The molecule has 2 saturated heterocycles. The van der Waals surface area contributed by atoms with E-state index in [0.717, 1.165) is 48.6 Å². The molecule has 2 aromatic heterocycles. The maximum Gasteiger partial charge on any atom is 0.291 e. The van der Waals surface area contributed by atoms with Crippen LogP contribution in [0.5, 0.6) is 0 Å². The van der Waals surface area contributed by atoms with Gasteiger partial charge in [0.05, 0.1) is 30.8 Å². The van der Waals surface area contributed by atoms with Gasteiger partial charge in [-0.1, -0.05) is 100 Å². The number of nitro groups is 2. The number of ether oxygens (including phenoxy) is 2. The second kappa shape index (κ2) is 23.4. The summed E-state index contributed by atoms with van der Waals surface area (Å²) in [7, 11) is 3.11. The number of tetrazole rings is 2. The zero-order valence-electron chi connectivity index (χ0n) is 41.7. The van der Waals surface area contributed by atoms with Crippen molar-refractivity contribution in [3.63, 3.8) is 0 Å². The predicted molar refractivity (Wildman–Crippen MR) is 274 cm³/mol. The average molecular weight is 1010 g/mol. The smallest absolute Gasteiger partial charge is 0.291 e. The highest BCUT2D eigenvalue weighted by atomic mass is 32.2. The molecule has 2 atom stereocenters. The summed E-state index contributed by atoms with van der Waals surface area (Å²) >= 11 is 0.926. The van der Waals surface area contributed by atoms with E-state index in [1.165, 1.54) is 12.2 Å². The maximum absolute atomic E-state index is 14.0. The molecular weight excluding hydrogens is 953 g/mol. The second-order valence-electron chi connectivity index (χ2n) is 18.7. The van der Waals surface area contributed by atoms with Gasteiger partial charge in [-0.25, -0.2) is 9.36 Å². The molecular formula is C52H58N12O8S. The number of benzene rings is 4. The number of hydrogen-bond acceptors (Lipinski definition) is 15. The highest BCUT2D eigenvalue weighted by molar-refractivity contribution is 7.99. The van der Waals surface area contributed by atoms with Crippen LogP contribution in [-0.2, 0) is 32.5 Å². The lowest BCUT2D eigenvalue weighted by Gasteiger charge is -2.31. The number of methoxy groups -OCH3 is 2. The molecule has 0 saturated carbocycles. The van der Waals surface area contributed by atoms with Crippen LogP contribution < -0.4 is 0 Å². The van der Waals surface area contributed by atoms with Gasteiger partial charge in [0, 0.05) is 64.4 Å². The number of hydrogen-bond donors (Lipinski definition) is 0. The van der Waals surface area contributed by atoms with Crippen molar-refractivity contribution in [1.29, 1.82) is 0 Å². The van der Waals surface area contributed by atoms with E-state index in [4.69, 9.17) is 9.47 Å². The van der Waals surface area contributed by atoms with Crippen LogP contribution in [0.15, 0.2) is 94.7 Å². The molecule has 4 aromatic carbocycles. The summed E-state index contributed by atoms with van der Waals surface area (Å²) in [6.07, 6.45) is 9.09. The van der Waals surface area contributed by atoms with Crippen LogP contribution in [0, 0.1) is 20.2 Å². The molecule has 4 heterocycles.